The van der Waals surface area contributed by atoms with Crippen molar-refractivity contribution in [3.63, 3.8) is 0 Å². The highest BCUT2D eigenvalue weighted by atomic mass is 16.5. The van der Waals surface area contributed by atoms with Crippen LogP contribution in [0, 0.1) is 0 Å². The number of aromatic amines is 1. The molecule has 7 heteroatoms. The maximum atomic E-state index is 11.4. The summed E-state index contributed by atoms with van der Waals surface area (Å²) >= 11 is 0. The lowest BCUT2D eigenvalue weighted by atomic mass is 10.3. The van der Waals surface area contributed by atoms with Crippen molar-refractivity contribution in [2.45, 2.75) is 6.54 Å². The van der Waals surface area contributed by atoms with E-state index in [1.54, 1.807) is 6.20 Å². The monoisotopic (exact) mass is 207 g/mol. The molecule has 2 aromatic heterocycles. The van der Waals surface area contributed by atoms with Crippen molar-refractivity contribution in [1.29, 1.82) is 0 Å². The highest BCUT2D eigenvalue weighted by molar-refractivity contribution is 5.91. The molecule has 0 bridgehead atoms. The minimum absolute atomic E-state index is 0.233. The summed E-state index contributed by atoms with van der Waals surface area (Å²) in [4.78, 5) is 11.4. The first-order valence-electron chi connectivity index (χ1n) is 4.23. The summed E-state index contributed by atoms with van der Waals surface area (Å²) < 4.78 is 4.54. The molecule has 0 saturated heterocycles. The van der Waals surface area contributed by atoms with Gasteiger partial charge in [0.1, 0.15) is 12.1 Å². The minimum Gasteiger partial charge on any atom is -0.384 e. The highest BCUT2D eigenvalue weighted by Crippen LogP contribution is 2.05. The van der Waals surface area contributed by atoms with Crippen LogP contribution >= 0.6 is 0 Å². The lowest BCUT2D eigenvalue weighted by Crippen LogP contribution is -2.23. The molecule has 0 saturated carbocycles. The third-order valence-corrected chi connectivity index (χ3v) is 1.86. The first-order chi connectivity index (χ1) is 7.27. The number of nitrogen functional groups attached to an aromatic ring is 1. The van der Waals surface area contributed by atoms with Crippen LogP contribution in [0.1, 0.15) is 16.1 Å². The molecule has 2 aromatic rings. The van der Waals surface area contributed by atoms with Crippen LogP contribution in [-0.4, -0.2) is 21.3 Å². The van der Waals surface area contributed by atoms with Gasteiger partial charge in [0.25, 0.3) is 5.91 Å². The molecule has 0 atom stereocenters. The third kappa shape index (κ3) is 1.96. The van der Waals surface area contributed by atoms with Crippen LogP contribution in [0.15, 0.2) is 23.0 Å². The molecule has 78 valence electrons. The Balaban J connectivity index is 1.95. The number of aromatic nitrogens is 3. The average Bonchev–Trinajstić information content (AvgIpc) is 2.85. The molecule has 0 aliphatic rings. The summed E-state index contributed by atoms with van der Waals surface area (Å²) in [5, 5.41) is 12.4. The number of nitrogens with two attached hydrogens (primary N) is 1. The predicted molar refractivity (Wildman–Crippen MR) is 50.7 cm³/mol. The van der Waals surface area contributed by atoms with E-state index in [0.717, 1.165) is 5.56 Å². The first kappa shape index (κ1) is 9.25. The Kier molecular flexibility index (Phi) is 2.36. The quantitative estimate of drug-likeness (QED) is 0.651. The molecule has 0 aliphatic carbocycles. The molecular weight excluding hydrogens is 198 g/mol. The van der Waals surface area contributed by atoms with Crippen LogP contribution in [0.25, 0.3) is 0 Å². The summed E-state index contributed by atoms with van der Waals surface area (Å²) in [5.41, 5.74) is 6.50. The van der Waals surface area contributed by atoms with Gasteiger partial charge in [-0.1, -0.05) is 5.16 Å². The molecule has 2 rings (SSSR count). The van der Waals surface area contributed by atoms with Crippen molar-refractivity contribution in [2.24, 2.45) is 0 Å². The van der Waals surface area contributed by atoms with E-state index in [1.165, 1.54) is 12.3 Å². The van der Waals surface area contributed by atoms with Crippen LogP contribution in [0.3, 0.4) is 0 Å². The number of H-pyrrole nitrogens is 1. The molecule has 1 amide bonds. The molecule has 4 N–H and O–H groups in total. The van der Waals surface area contributed by atoms with Crippen LogP contribution in [0.5, 0.6) is 0 Å². The fourth-order valence-electron chi connectivity index (χ4n) is 1.06. The number of carbonyl (C=O) groups excluding carboxylic acids is 1. The standard InChI is InChI=1S/C8H9N5O2/c9-7-5(4-11-12-7)3-10-8(14)6-1-2-15-13-6/h1-2,4H,3H2,(H,10,14)(H3,9,11,12). The SMILES string of the molecule is Nc1[nH]ncc1CNC(=O)c1ccon1. The van der Waals surface area contributed by atoms with Gasteiger partial charge in [-0.15, -0.1) is 0 Å². The second kappa shape index (κ2) is 3.82. The maximum Gasteiger partial charge on any atom is 0.273 e. The van der Waals surface area contributed by atoms with Gasteiger partial charge in [-0.2, -0.15) is 5.10 Å². The lowest BCUT2D eigenvalue weighted by molar-refractivity contribution is 0.0942. The summed E-state index contributed by atoms with van der Waals surface area (Å²) in [6.07, 6.45) is 2.89. The summed E-state index contributed by atoms with van der Waals surface area (Å²) in [5.74, 6) is 0.125. The van der Waals surface area contributed by atoms with E-state index in [4.69, 9.17) is 5.73 Å². The number of carbonyl (C=O) groups is 1. The topological polar surface area (TPSA) is 110 Å². The number of hydrogen-bond acceptors (Lipinski definition) is 5. The number of nitrogens with one attached hydrogen (secondary N) is 2. The fraction of sp³-hybridized carbons (Fsp3) is 0.125. The van der Waals surface area contributed by atoms with E-state index in [2.05, 4.69) is 25.2 Å². The molecule has 0 fully saturated rings. The van der Waals surface area contributed by atoms with Crippen molar-refractivity contribution >= 4 is 11.7 Å². The Morgan fingerprint density at radius 3 is 3.13 bits per heavy atom. The number of hydrogen-bond donors (Lipinski definition) is 3. The second-order valence-electron chi connectivity index (χ2n) is 2.88. The van der Waals surface area contributed by atoms with Crippen molar-refractivity contribution in [1.82, 2.24) is 20.7 Å². The molecule has 15 heavy (non-hydrogen) atoms. The van der Waals surface area contributed by atoms with Gasteiger partial charge in [-0.05, 0) is 0 Å². The van der Waals surface area contributed by atoms with Crippen molar-refractivity contribution < 1.29 is 9.32 Å². The molecule has 0 unspecified atom stereocenters. The zero-order chi connectivity index (χ0) is 10.7. The van der Waals surface area contributed by atoms with Gasteiger partial charge >= 0.3 is 0 Å². The average molecular weight is 207 g/mol. The molecule has 2 heterocycles. The first-order valence-corrected chi connectivity index (χ1v) is 4.23. The maximum absolute atomic E-state index is 11.4. The van der Waals surface area contributed by atoms with Gasteiger partial charge in [0.2, 0.25) is 0 Å². The van der Waals surface area contributed by atoms with Gasteiger partial charge in [0, 0.05) is 18.2 Å². The Hall–Kier alpha value is -2.31. The number of amides is 1. The van der Waals surface area contributed by atoms with Gasteiger partial charge in [0.05, 0.1) is 6.20 Å². The van der Waals surface area contributed by atoms with E-state index >= 15 is 0 Å². The fourth-order valence-corrected chi connectivity index (χ4v) is 1.06. The molecular formula is C8H9N5O2. The van der Waals surface area contributed by atoms with Crippen LogP contribution in [0.2, 0.25) is 0 Å². The number of nitrogens with zero attached hydrogens (tertiary/aromatic N) is 2. The Bertz CT molecular complexity index is 447. The normalized spacial score (nSPS) is 10.1. The van der Waals surface area contributed by atoms with E-state index in [9.17, 15) is 4.79 Å². The predicted octanol–water partition coefficient (Wildman–Crippen LogP) is -0.0901. The molecule has 0 aliphatic heterocycles. The molecule has 0 aromatic carbocycles. The summed E-state index contributed by atoms with van der Waals surface area (Å²) in [6, 6.07) is 1.48. The van der Waals surface area contributed by atoms with E-state index in [0.29, 0.717) is 12.4 Å². The minimum atomic E-state index is -0.315. The van der Waals surface area contributed by atoms with Crippen LogP contribution in [0.4, 0.5) is 5.82 Å². The van der Waals surface area contributed by atoms with Crippen LogP contribution in [-0.2, 0) is 6.54 Å². The van der Waals surface area contributed by atoms with Gasteiger partial charge in [-0.25, -0.2) is 0 Å². The van der Waals surface area contributed by atoms with E-state index in [1.807, 2.05) is 0 Å². The molecule has 7 nitrogen and oxygen atoms in total. The van der Waals surface area contributed by atoms with Crippen molar-refractivity contribution in [2.75, 3.05) is 5.73 Å². The smallest absolute Gasteiger partial charge is 0.273 e. The van der Waals surface area contributed by atoms with Gasteiger partial charge in [0.15, 0.2) is 5.69 Å². The summed E-state index contributed by atoms with van der Waals surface area (Å²) in [6.45, 7) is 0.300. The summed E-state index contributed by atoms with van der Waals surface area (Å²) in [7, 11) is 0. The van der Waals surface area contributed by atoms with Gasteiger partial charge < -0.3 is 15.6 Å². The second-order valence-corrected chi connectivity index (χ2v) is 2.88. The zero-order valence-electron chi connectivity index (χ0n) is 7.73. The Labute approximate surface area is 84.6 Å². The zero-order valence-corrected chi connectivity index (χ0v) is 7.73. The Morgan fingerprint density at radius 2 is 2.53 bits per heavy atom. The van der Waals surface area contributed by atoms with Crippen molar-refractivity contribution in [3.8, 4) is 0 Å². The highest BCUT2D eigenvalue weighted by Gasteiger charge is 2.09. The number of rotatable bonds is 3. The van der Waals surface area contributed by atoms with Crippen LogP contribution < -0.4 is 11.1 Å². The van der Waals surface area contributed by atoms with E-state index in [-0.39, 0.29) is 11.6 Å². The molecule has 0 spiro atoms. The van der Waals surface area contributed by atoms with Gasteiger partial charge in [-0.3, -0.25) is 9.89 Å². The Morgan fingerprint density at radius 1 is 1.67 bits per heavy atom. The number of anilines is 1. The van der Waals surface area contributed by atoms with Crippen molar-refractivity contribution in [3.05, 3.63) is 29.8 Å². The lowest BCUT2D eigenvalue weighted by Gasteiger charge is -2.00. The van der Waals surface area contributed by atoms with E-state index < -0.39 is 0 Å². The largest absolute Gasteiger partial charge is 0.384 e. The third-order valence-electron chi connectivity index (χ3n) is 1.86. The molecule has 0 radical (unpaired) electrons.